The second-order valence-electron chi connectivity index (χ2n) is 7.28. The number of nitrogens with one attached hydrogen (secondary N) is 1. The van der Waals surface area contributed by atoms with Gasteiger partial charge in [0.1, 0.15) is 5.69 Å². The lowest BCUT2D eigenvalue weighted by Gasteiger charge is -2.18. The first-order chi connectivity index (χ1) is 13.2. The Morgan fingerprint density at radius 1 is 1.22 bits per heavy atom. The number of hydrogen-bond donors (Lipinski definition) is 1. The number of fused-ring (bicyclic) bond motifs is 1. The molecular weight excluding hydrogens is 340 g/mol. The van der Waals surface area contributed by atoms with Gasteiger partial charge in [0.15, 0.2) is 5.82 Å². The fraction of sp³-hybridized carbons (Fsp3) is 0.350. The number of hydrogen-bond acceptors (Lipinski definition) is 4. The first-order valence-electron chi connectivity index (χ1n) is 9.37. The highest BCUT2D eigenvalue weighted by Crippen LogP contribution is 2.31. The van der Waals surface area contributed by atoms with Gasteiger partial charge in [0.05, 0.1) is 18.3 Å². The third-order valence-corrected chi connectivity index (χ3v) is 5.41. The normalized spacial score (nSPS) is 19.5. The fourth-order valence-corrected chi connectivity index (χ4v) is 3.96. The SMILES string of the molecule is Cc1ccc(N2C[C@@H](n3ccnc3-c3cc4n(n3)CCNC4)CC2=O)cc1. The lowest BCUT2D eigenvalue weighted by atomic mass is 10.2. The van der Waals surface area contributed by atoms with Crippen molar-refractivity contribution >= 4 is 11.6 Å². The lowest BCUT2D eigenvalue weighted by Crippen LogP contribution is -2.28. The zero-order valence-corrected chi connectivity index (χ0v) is 15.3. The predicted octanol–water partition coefficient (Wildman–Crippen LogP) is 2.14. The Morgan fingerprint density at radius 2 is 2.07 bits per heavy atom. The second kappa shape index (κ2) is 6.35. The number of nitrogens with zero attached hydrogens (tertiary/aromatic N) is 5. The zero-order chi connectivity index (χ0) is 18.4. The van der Waals surface area contributed by atoms with Crippen LogP contribution in [0.15, 0.2) is 42.7 Å². The van der Waals surface area contributed by atoms with Crippen LogP contribution in [0.25, 0.3) is 11.5 Å². The van der Waals surface area contributed by atoms with Crippen LogP contribution in [0.2, 0.25) is 0 Å². The summed E-state index contributed by atoms with van der Waals surface area (Å²) in [5.74, 6) is 0.984. The number of carbonyl (C=O) groups excluding carboxylic acids is 1. The maximum absolute atomic E-state index is 12.6. The largest absolute Gasteiger partial charge is 0.324 e. The molecule has 0 saturated carbocycles. The Balaban J connectivity index is 1.43. The first kappa shape index (κ1) is 16.3. The molecule has 7 nitrogen and oxygen atoms in total. The van der Waals surface area contributed by atoms with Gasteiger partial charge in [-0.05, 0) is 25.1 Å². The van der Waals surface area contributed by atoms with Crippen molar-refractivity contribution in [1.82, 2.24) is 24.6 Å². The molecule has 27 heavy (non-hydrogen) atoms. The average Bonchev–Trinajstić information content (AvgIpc) is 3.39. The quantitative estimate of drug-likeness (QED) is 0.775. The summed E-state index contributed by atoms with van der Waals surface area (Å²) in [6.07, 6.45) is 4.24. The summed E-state index contributed by atoms with van der Waals surface area (Å²) in [6, 6.07) is 10.3. The molecule has 0 bridgehead atoms. The van der Waals surface area contributed by atoms with E-state index in [1.807, 2.05) is 40.0 Å². The maximum Gasteiger partial charge on any atom is 0.229 e. The lowest BCUT2D eigenvalue weighted by molar-refractivity contribution is -0.117. The minimum Gasteiger partial charge on any atom is -0.324 e. The molecule has 2 aliphatic heterocycles. The predicted molar refractivity (Wildman–Crippen MR) is 102 cm³/mol. The van der Waals surface area contributed by atoms with Gasteiger partial charge in [-0.15, -0.1) is 0 Å². The summed E-state index contributed by atoms with van der Waals surface area (Å²) in [6.45, 7) is 5.34. The molecular formula is C20H22N6O. The van der Waals surface area contributed by atoms with Crippen LogP contribution >= 0.6 is 0 Å². The minimum atomic E-state index is 0.0631. The molecule has 5 rings (SSSR count). The molecule has 4 heterocycles. The molecule has 0 spiro atoms. The van der Waals surface area contributed by atoms with Crippen LogP contribution in [0.4, 0.5) is 5.69 Å². The van der Waals surface area contributed by atoms with Crippen LogP contribution in [0.5, 0.6) is 0 Å². The maximum atomic E-state index is 12.6. The van der Waals surface area contributed by atoms with E-state index in [0.717, 1.165) is 36.8 Å². The smallest absolute Gasteiger partial charge is 0.229 e. The van der Waals surface area contributed by atoms with E-state index in [-0.39, 0.29) is 11.9 Å². The minimum absolute atomic E-state index is 0.0631. The van der Waals surface area contributed by atoms with Crippen LogP contribution in [-0.2, 0) is 17.9 Å². The molecule has 0 radical (unpaired) electrons. The summed E-state index contributed by atoms with van der Waals surface area (Å²) in [5.41, 5.74) is 4.20. The molecule has 1 N–H and O–H groups in total. The zero-order valence-electron chi connectivity index (χ0n) is 15.3. The van der Waals surface area contributed by atoms with Gasteiger partial charge in [-0.2, -0.15) is 5.10 Å². The molecule has 1 amide bonds. The monoisotopic (exact) mass is 362 g/mol. The van der Waals surface area contributed by atoms with Crippen LogP contribution < -0.4 is 10.2 Å². The number of imidazole rings is 1. The van der Waals surface area contributed by atoms with Gasteiger partial charge in [0, 0.05) is 44.1 Å². The average molecular weight is 362 g/mol. The highest BCUT2D eigenvalue weighted by Gasteiger charge is 2.33. The summed E-state index contributed by atoms with van der Waals surface area (Å²) >= 11 is 0. The Labute approximate surface area is 157 Å². The fourth-order valence-electron chi connectivity index (χ4n) is 3.96. The number of amides is 1. The molecule has 1 atom stereocenters. The van der Waals surface area contributed by atoms with E-state index in [4.69, 9.17) is 5.10 Å². The van der Waals surface area contributed by atoms with Gasteiger partial charge in [-0.3, -0.25) is 9.48 Å². The summed E-state index contributed by atoms with van der Waals surface area (Å²) < 4.78 is 4.15. The Morgan fingerprint density at radius 3 is 2.89 bits per heavy atom. The molecule has 138 valence electrons. The van der Waals surface area contributed by atoms with E-state index in [9.17, 15) is 4.79 Å². The summed E-state index contributed by atoms with van der Waals surface area (Å²) in [5, 5.41) is 8.09. The third-order valence-electron chi connectivity index (χ3n) is 5.41. The van der Waals surface area contributed by atoms with Crippen molar-refractivity contribution in [3.63, 3.8) is 0 Å². The molecule has 2 aromatic heterocycles. The third kappa shape index (κ3) is 2.84. The van der Waals surface area contributed by atoms with Crippen molar-refractivity contribution in [3.8, 4) is 11.5 Å². The second-order valence-corrected chi connectivity index (χ2v) is 7.28. The number of aromatic nitrogens is 4. The van der Waals surface area contributed by atoms with E-state index in [1.165, 1.54) is 11.3 Å². The van der Waals surface area contributed by atoms with Crippen molar-refractivity contribution < 1.29 is 4.79 Å². The topological polar surface area (TPSA) is 68.0 Å². The molecule has 1 fully saturated rings. The van der Waals surface area contributed by atoms with Crippen LogP contribution in [-0.4, -0.2) is 38.3 Å². The number of benzene rings is 1. The first-order valence-corrected chi connectivity index (χ1v) is 9.37. The van der Waals surface area contributed by atoms with Crippen LogP contribution in [0, 0.1) is 6.92 Å². The number of aryl methyl sites for hydroxylation is 1. The van der Waals surface area contributed by atoms with Gasteiger partial charge in [0.2, 0.25) is 5.91 Å². The highest BCUT2D eigenvalue weighted by atomic mass is 16.2. The van der Waals surface area contributed by atoms with Gasteiger partial charge in [-0.1, -0.05) is 17.7 Å². The van der Waals surface area contributed by atoms with E-state index in [2.05, 4.69) is 27.9 Å². The Hall–Kier alpha value is -2.93. The molecule has 2 aliphatic rings. The van der Waals surface area contributed by atoms with Gasteiger partial charge >= 0.3 is 0 Å². The van der Waals surface area contributed by atoms with Crippen molar-refractivity contribution in [1.29, 1.82) is 0 Å². The van der Waals surface area contributed by atoms with E-state index < -0.39 is 0 Å². The number of anilines is 1. The number of rotatable bonds is 3. The van der Waals surface area contributed by atoms with E-state index in [1.54, 1.807) is 6.20 Å². The van der Waals surface area contributed by atoms with Gasteiger partial charge in [-0.25, -0.2) is 4.98 Å². The Kier molecular flexibility index (Phi) is 3.82. The Bertz CT molecular complexity index is 963. The molecule has 1 aromatic carbocycles. The van der Waals surface area contributed by atoms with Crippen LogP contribution in [0.3, 0.4) is 0 Å². The molecule has 1 saturated heterocycles. The van der Waals surface area contributed by atoms with E-state index in [0.29, 0.717) is 13.0 Å². The van der Waals surface area contributed by atoms with Crippen molar-refractivity contribution in [2.75, 3.05) is 18.0 Å². The van der Waals surface area contributed by atoms with E-state index >= 15 is 0 Å². The molecule has 0 unspecified atom stereocenters. The number of carbonyl (C=O) groups is 1. The standard InChI is InChI=1S/C20H22N6O/c1-14-2-4-15(5-3-14)25-13-17(11-19(25)27)24-8-7-22-20(24)18-10-16-12-21-6-9-26(16)23-18/h2-5,7-8,10,17,21H,6,9,11-13H2,1H3/t17-/m0/s1. The highest BCUT2D eigenvalue weighted by molar-refractivity contribution is 5.96. The van der Waals surface area contributed by atoms with Gasteiger partial charge in [0.25, 0.3) is 0 Å². The molecule has 3 aromatic rings. The van der Waals surface area contributed by atoms with Crippen LogP contribution in [0.1, 0.15) is 23.7 Å². The van der Waals surface area contributed by atoms with Crippen molar-refractivity contribution in [3.05, 3.63) is 54.0 Å². The molecule has 7 heteroatoms. The molecule has 0 aliphatic carbocycles. The van der Waals surface area contributed by atoms with Crippen molar-refractivity contribution in [2.45, 2.75) is 32.5 Å². The summed E-state index contributed by atoms with van der Waals surface area (Å²) in [7, 11) is 0. The summed E-state index contributed by atoms with van der Waals surface area (Å²) in [4.78, 5) is 19.1. The van der Waals surface area contributed by atoms with Gasteiger partial charge < -0.3 is 14.8 Å². The van der Waals surface area contributed by atoms with Crippen molar-refractivity contribution in [2.24, 2.45) is 0 Å².